The molecule has 0 aliphatic carbocycles. The zero-order valence-corrected chi connectivity index (χ0v) is 17.2. The van der Waals surface area contributed by atoms with Gasteiger partial charge in [0.05, 0.1) is 23.8 Å². The van der Waals surface area contributed by atoms with Crippen molar-refractivity contribution in [3.8, 4) is 5.75 Å². The SMILES string of the molecule is CCOc1ccc(Br)cc1S(=O)(=O)NC(=O)Cn1c(=O)cnc2ccccc21. The van der Waals surface area contributed by atoms with Gasteiger partial charge in [-0.25, -0.2) is 18.1 Å². The summed E-state index contributed by atoms with van der Waals surface area (Å²) in [5.41, 5.74) is 0.437. The highest BCUT2D eigenvalue weighted by Gasteiger charge is 2.23. The van der Waals surface area contributed by atoms with Crippen LogP contribution in [-0.4, -0.2) is 30.5 Å². The van der Waals surface area contributed by atoms with Crippen molar-refractivity contribution in [2.24, 2.45) is 0 Å². The summed E-state index contributed by atoms with van der Waals surface area (Å²) in [5, 5.41) is 0. The van der Waals surface area contributed by atoms with Crippen LogP contribution in [0.2, 0.25) is 0 Å². The number of nitrogens with one attached hydrogen (secondary N) is 1. The van der Waals surface area contributed by atoms with Crippen LogP contribution in [-0.2, 0) is 21.4 Å². The second-order valence-corrected chi connectivity index (χ2v) is 8.29. The Morgan fingerprint density at radius 3 is 2.75 bits per heavy atom. The van der Waals surface area contributed by atoms with E-state index >= 15 is 0 Å². The molecular weight excluding hydrogens is 450 g/mol. The van der Waals surface area contributed by atoms with E-state index in [1.807, 2.05) is 4.72 Å². The molecule has 8 nitrogen and oxygen atoms in total. The third kappa shape index (κ3) is 4.23. The largest absolute Gasteiger partial charge is 0.492 e. The number of hydrogen-bond acceptors (Lipinski definition) is 6. The number of halogens is 1. The van der Waals surface area contributed by atoms with Gasteiger partial charge in [-0.05, 0) is 37.3 Å². The fourth-order valence-corrected chi connectivity index (χ4v) is 4.29. The first-order chi connectivity index (χ1) is 13.3. The lowest BCUT2D eigenvalue weighted by atomic mass is 10.3. The molecule has 0 bridgehead atoms. The Balaban J connectivity index is 1.91. The van der Waals surface area contributed by atoms with E-state index in [0.717, 1.165) is 10.8 Å². The summed E-state index contributed by atoms with van der Waals surface area (Å²) in [6, 6.07) is 11.2. The summed E-state index contributed by atoms with van der Waals surface area (Å²) in [6.45, 7) is 1.51. The van der Waals surface area contributed by atoms with E-state index in [-0.39, 0.29) is 17.3 Å². The summed E-state index contributed by atoms with van der Waals surface area (Å²) in [5.74, 6) is -0.738. The molecule has 1 heterocycles. The predicted octanol–water partition coefficient (Wildman–Crippen LogP) is 2.06. The standard InChI is InChI=1S/C18H16BrN3O5S/c1-2-27-15-8-7-12(19)9-16(15)28(25,26)21-17(23)11-22-14-6-4-3-5-13(14)20-10-18(22)24/h3-10H,2,11H2,1H3,(H,21,23). The topological polar surface area (TPSA) is 107 Å². The summed E-state index contributed by atoms with van der Waals surface area (Å²) < 4.78 is 34.4. The smallest absolute Gasteiger partial charge is 0.269 e. The van der Waals surface area contributed by atoms with Crippen LogP contribution >= 0.6 is 15.9 Å². The molecule has 1 N–H and O–H groups in total. The van der Waals surface area contributed by atoms with Crippen molar-refractivity contribution in [1.82, 2.24) is 14.3 Å². The molecule has 0 unspecified atom stereocenters. The maximum Gasteiger partial charge on any atom is 0.269 e. The summed E-state index contributed by atoms with van der Waals surface area (Å²) in [7, 11) is -4.21. The number of hydrogen-bond donors (Lipinski definition) is 1. The minimum Gasteiger partial charge on any atom is -0.492 e. The van der Waals surface area contributed by atoms with Crippen LogP contribution in [0.1, 0.15) is 6.92 Å². The molecule has 28 heavy (non-hydrogen) atoms. The maximum atomic E-state index is 12.7. The van der Waals surface area contributed by atoms with Crippen LogP contribution < -0.4 is 15.0 Å². The fraction of sp³-hybridized carbons (Fsp3) is 0.167. The average molecular weight is 466 g/mol. The van der Waals surface area contributed by atoms with Gasteiger partial charge >= 0.3 is 0 Å². The number of para-hydroxylation sites is 2. The molecule has 0 saturated carbocycles. The minimum atomic E-state index is -4.21. The molecule has 0 aliphatic rings. The summed E-state index contributed by atoms with van der Waals surface area (Å²) >= 11 is 3.21. The summed E-state index contributed by atoms with van der Waals surface area (Å²) in [6.07, 6.45) is 1.09. The molecule has 0 atom stereocenters. The lowest BCUT2D eigenvalue weighted by Crippen LogP contribution is -2.36. The molecule has 146 valence electrons. The van der Waals surface area contributed by atoms with E-state index in [4.69, 9.17) is 4.74 Å². The normalized spacial score (nSPS) is 11.4. The van der Waals surface area contributed by atoms with Crippen LogP contribution in [0.4, 0.5) is 0 Å². The van der Waals surface area contributed by atoms with Gasteiger partial charge in [0.15, 0.2) is 0 Å². The quantitative estimate of drug-likeness (QED) is 0.596. The molecule has 0 aliphatic heterocycles. The molecule has 0 fully saturated rings. The van der Waals surface area contributed by atoms with E-state index in [1.165, 1.54) is 12.1 Å². The van der Waals surface area contributed by atoms with Crippen LogP contribution in [0, 0.1) is 0 Å². The Hall–Kier alpha value is -2.72. The van der Waals surface area contributed by atoms with Gasteiger partial charge in [-0.3, -0.25) is 14.2 Å². The highest BCUT2D eigenvalue weighted by Crippen LogP contribution is 2.27. The fourth-order valence-electron chi connectivity index (χ4n) is 2.63. The molecule has 3 aromatic rings. The van der Waals surface area contributed by atoms with E-state index in [2.05, 4.69) is 20.9 Å². The molecule has 10 heteroatoms. The average Bonchev–Trinajstić information content (AvgIpc) is 2.65. The number of fused-ring (bicyclic) bond motifs is 1. The number of rotatable bonds is 6. The first-order valence-electron chi connectivity index (χ1n) is 8.24. The number of carbonyl (C=O) groups excluding carboxylic acids is 1. The first-order valence-corrected chi connectivity index (χ1v) is 10.5. The second kappa shape index (κ2) is 8.11. The van der Waals surface area contributed by atoms with E-state index < -0.39 is 28.0 Å². The minimum absolute atomic E-state index is 0.123. The van der Waals surface area contributed by atoms with Crippen LogP contribution in [0.5, 0.6) is 5.75 Å². The monoisotopic (exact) mass is 465 g/mol. The Morgan fingerprint density at radius 2 is 2.00 bits per heavy atom. The van der Waals surface area contributed by atoms with Crippen LogP contribution in [0.15, 0.2) is 62.8 Å². The van der Waals surface area contributed by atoms with Gasteiger partial charge < -0.3 is 4.74 Å². The molecule has 0 saturated heterocycles. The third-order valence-electron chi connectivity index (χ3n) is 3.80. The molecule has 3 rings (SSSR count). The van der Waals surface area contributed by atoms with Crippen molar-refractivity contribution in [3.05, 3.63) is 63.5 Å². The Kier molecular flexibility index (Phi) is 5.80. The first kappa shape index (κ1) is 20.0. The Morgan fingerprint density at radius 1 is 1.25 bits per heavy atom. The Bertz CT molecular complexity index is 1210. The molecule has 2 aromatic carbocycles. The number of carbonyl (C=O) groups is 1. The van der Waals surface area contributed by atoms with E-state index in [9.17, 15) is 18.0 Å². The van der Waals surface area contributed by atoms with Crippen molar-refractivity contribution in [1.29, 1.82) is 0 Å². The lowest BCUT2D eigenvalue weighted by molar-refractivity contribution is -0.119. The molecular formula is C18H16BrN3O5S. The third-order valence-corrected chi connectivity index (χ3v) is 5.69. The Labute approximate surface area is 169 Å². The number of amides is 1. The van der Waals surface area contributed by atoms with Crippen molar-refractivity contribution in [2.45, 2.75) is 18.4 Å². The second-order valence-electron chi connectivity index (χ2n) is 5.72. The van der Waals surface area contributed by atoms with Crippen molar-refractivity contribution < 1.29 is 17.9 Å². The van der Waals surface area contributed by atoms with Gasteiger partial charge in [0, 0.05) is 4.47 Å². The molecule has 1 amide bonds. The van der Waals surface area contributed by atoms with Crippen molar-refractivity contribution in [2.75, 3.05) is 6.61 Å². The van der Waals surface area contributed by atoms with Gasteiger partial charge in [-0.2, -0.15) is 0 Å². The van der Waals surface area contributed by atoms with E-state index in [0.29, 0.717) is 15.5 Å². The summed E-state index contributed by atoms with van der Waals surface area (Å²) in [4.78, 5) is 28.4. The van der Waals surface area contributed by atoms with Gasteiger partial charge in [-0.1, -0.05) is 28.1 Å². The van der Waals surface area contributed by atoms with Crippen molar-refractivity contribution in [3.63, 3.8) is 0 Å². The van der Waals surface area contributed by atoms with Gasteiger partial charge in [-0.15, -0.1) is 0 Å². The van der Waals surface area contributed by atoms with Crippen molar-refractivity contribution >= 4 is 42.9 Å². The molecule has 0 spiro atoms. The highest BCUT2D eigenvalue weighted by atomic mass is 79.9. The van der Waals surface area contributed by atoms with Gasteiger partial charge in [0.1, 0.15) is 17.2 Å². The molecule has 0 radical (unpaired) electrons. The van der Waals surface area contributed by atoms with Crippen LogP contribution in [0.3, 0.4) is 0 Å². The predicted molar refractivity (Wildman–Crippen MR) is 107 cm³/mol. The number of aromatic nitrogens is 2. The zero-order valence-electron chi connectivity index (χ0n) is 14.8. The lowest BCUT2D eigenvalue weighted by Gasteiger charge is -2.13. The number of nitrogens with zero attached hydrogens (tertiary/aromatic N) is 2. The molecule has 1 aromatic heterocycles. The van der Waals surface area contributed by atoms with Gasteiger partial charge in [0.2, 0.25) is 0 Å². The maximum absolute atomic E-state index is 12.7. The number of benzene rings is 2. The number of ether oxygens (including phenoxy) is 1. The van der Waals surface area contributed by atoms with Gasteiger partial charge in [0.25, 0.3) is 21.5 Å². The zero-order chi connectivity index (χ0) is 20.3. The number of sulfonamides is 1. The highest BCUT2D eigenvalue weighted by molar-refractivity contribution is 9.10. The van der Waals surface area contributed by atoms with Crippen LogP contribution in [0.25, 0.3) is 11.0 Å². The van der Waals surface area contributed by atoms with E-state index in [1.54, 1.807) is 37.3 Å².